The average Bonchev–Trinajstić information content (AvgIpc) is 2.66. The van der Waals surface area contributed by atoms with Crippen molar-refractivity contribution in [2.45, 2.75) is 11.8 Å². The monoisotopic (exact) mass is 392 g/mol. The minimum atomic E-state index is -3.93. The first kappa shape index (κ1) is 20.2. The number of rotatable bonds is 8. The van der Waals surface area contributed by atoms with Gasteiger partial charge in [0.1, 0.15) is 5.75 Å². The highest BCUT2D eigenvalue weighted by molar-refractivity contribution is 7.92. The molecule has 2 rings (SSSR count). The Hall–Kier alpha value is -3.07. The van der Waals surface area contributed by atoms with E-state index >= 15 is 0 Å². The number of para-hydroxylation sites is 1. The summed E-state index contributed by atoms with van der Waals surface area (Å²) in [4.78, 5) is 23.1. The SMILES string of the molecule is CCOC(=O)c1ccccc1NS(=O)(=O)c1ccc(OCC(=O)NC)cc1. The molecule has 0 saturated heterocycles. The largest absolute Gasteiger partial charge is 0.484 e. The highest BCUT2D eigenvalue weighted by atomic mass is 32.2. The minimum absolute atomic E-state index is 0.0199. The number of anilines is 1. The van der Waals surface area contributed by atoms with Crippen molar-refractivity contribution < 1.29 is 27.5 Å². The predicted octanol–water partition coefficient (Wildman–Crippen LogP) is 1.79. The molecule has 0 spiro atoms. The molecule has 8 nitrogen and oxygen atoms in total. The van der Waals surface area contributed by atoms with Crippen molar-refractivity contribution in [3.8, 4) is 5.75 Å². The van der Waals surface area contributed by atoms with Crippen LogP contribution in [-0.2, 0) is 19.6 Å². The fourth-order valence-electron chi connectivity index (χ4n) is 2.10. The van der Waals surface area contributed by atoms with Crippen LogP contribution in [0.1, 0.15) is 17.3 Å². The van der Waals surface area contributed by atoms with E-state index in [-0.39, 0.29) is 35.3 Å². The molecule has 0 aliphatic rings. The molecule has 0 heterocycles. The topological polar surface area (TPSA) is 111 Å². The summed E-state index contributed by atoms with van der Waals surface area (Å²) in [6, 6.07) is 11.7. The molecule has 0 unspecified atom stereocenters. The Morgan fingerprint density at radius 2 is 1.70 bits per heavy atom. The van der Waals surface area contributed by atoms with Crippen LogP contribution < -0.4 is 14.8 Å². The van der Waals surface area contributed by atoms with Gasteiger partial charge in [-0.3, -0.25) is 9.52 Å². The molecule has 1 amide bonds. The normalized spacial score (nSPS) is 10.7. The molecule has 2 aromatic rings. The third-order valence-electron chi connectivity index (χ3n) is 3.45. The number of esters is 1. The summed E-state index contributed by atoms with van der Waals surface area (Å²) in [6.07, 6.45) is 0. The van der Waals surface area contributed by atoms with E-state index in [1.54, 1.807) is 19.1 Å². The number of nitrogens with one attached hydrogen (secondary N) is 2. The highest BCUT2D eigenvalue weighted by Gasteiger charge is 2.19. The quantitative estimate of drug-likeness (QED) is 0.663. The Labute approximate surface area is 157 Å². The van der Waals surface area contributed by atoms with Crippen LogP contribution in [0.2, 0.25) is 0 Å². The number of hydrogen-bond acceptors (Lipinski definition) is 6. The Balaban J connectivity index is 2.18. The third-order valence-corrected chi connectivity index (χ3v) is 4.83. The number of sulfonamides is 1. The first-order chi connectivity index (χ1) is 12.9. The molecule has 0 atom stereocenters. The van der Waals surface area contributed by atoms with E-state index < -0.39 is 16.0 Å². The number of hydrogen-bond donors (Lipinski definition) is 2. The van der Waals surface area contributed by atoms with Crippen molar-refractivity contribution in [1.29, 1.82) is 0 Å². The number of carbonyl (C=O) groups excluding carboxylic acids is 2. The Morgan fingerprint density at radius 3 is 2.33 bits per heavy atom. The third kappa shape index (κ3) is 5.45. The van der Waals surface area contributed by atoms with Gasteiger partial charge >= 0.3 is 5.97 Å². The maximum absolute atomic E-state index is 12.6. The smallest absolute Gasteiger partial charge is 0.340 e. The van der Waals surface area contributed by atoms with Crippen molar-refractivity contribution >= 4 is 27.6 Å². The van der Waals surface area contributed by atoms with Crippen LogP contribution in [0.4, 0.5) is 5.69 Å². The zero-order valence-corrected chi connectivity index (χ0v) is 15.7. The van der Waals surface area contributed by atoms with Crippen LogP contribution in [-0.4, -0.2) is 40.6 Å². The number of benzene rings is 2. The van der Waals surface area contributed by atoms with E-state index in [9.17, 15) is 18.0 Å². The molecule has 27 heavy (non-hydrogen) atoms. The van der Waals surface area contributed by atoms with E-state index in [1.807, 2.05) is 0 Å². The van der Waals surface area contributed by atoms with E-state index in [0.29, 0.717) is 5.75 Å². The van der Waals surface area contributed by atoms with Gasteiger partial charge in [-0.05, 0) is 43.3 Å². The van der Waals surface area contributed by atoms with E-state index in [0.717, 1.165) is 0 Å². The molecule has 0 fully saturated rings. The lowest BCUT2D eigenvalue weighted by Gasteiger charge is -2.12. The minimum Gasteiger partial charge on any atom is -0.484 e. The van der Waals surface area contributed by atoms with Gasteiger partial charge in [0.2, 0.25) is 0 Å². The van der Waals surface area contributed by atoms with Gasteiger partial charge in [-0.2, -0.15) is 0 Å². The van der Waals surface area contributed by atoms with Crippen molar-refractivity contribution in [3.63, 3.8) is 0 Å². The van der Waals surface area contributed by atoms with Crippen LogP contribution >= 0.6 is 0 Å². The molecule has 9 heteroatoms. The molecular weight excluding hydrogens is 372 g/mol. The first-order valence-corrected chi connectivity index (χ1v) is 9.58. The Morgan fingerprint density at radius 1 is 1.04 bits per heavy atom. The fourth-order valence-corrected chi connectivity index (χ4v) is 3.18. The molecule has 144 valence electrons. The maximum Gasteiger partial charge on any atom is 0.340 e. The summed E-state index contributed by atoms with van der Waals surface area (Å²) in [5.41, 5.74) is 0.240. The van der Waals surface area contributed by atoms with Crippen molar-refractivity contribution in [3.05, 3.63) is 54.1 Å². The van der Waals surface area contributed by atoms with Gasteiger partial charge in [0.05, 0.1) is 22.8 Å². The molecule has 0 aromatic heterocycles. The van der Waals surface area contributed by atoms with Crippen LogP contribution in [0, 0.1) is 0 Å². The molecule has 0 saturated carbocycles. The van der Waals surface area contributed by atoms with E-state index in [4.69, 9.17) is 9.47 Å². The molecule has 0 radical (unpaired) electrons. The molecule has 2 aromatic carbocycles. The number of carbonyl (C=O) groups is 2. The lowest BCUT2D eigenvalue weighted by atomic mass is 10.2. The van der Waals surface area contributed by atoms with Crippen LogP contribution in [0.5, 0.6) is 5.75 Å². The average molecular weight is 392 g/mol. The molecule has 0 bridgehead atoms. The Kier molecular flexibility index (Phi) is 6.78. The van der Waals surface area contributed by atoms with E-state index in [1.165, 1.54) is 43.4 Å². The van der Waals surface area contributed by atoms with Gasteiger partial charge < -0.3 is 14.8 Å². The summed E-state index contributed by atoms with van der Waals surface area (Å²) in [6.45, 7) is 1.67. The first-order valence-electron chi connectivity index (χ1n) is 8.09. The van der Waals surface area contributed by atoms with Gasteiger partial charge in [-0.1, -0.05) is 12.1 Å². The number of amides is 1. The Bertz CT molecular complexity index is 910. The summed E-state index contributed by atoms with van der Waals surface area (Å²) >= 11 is 0. The van der Waals surface area contributed by atoms with Gasteiger partial charge in [0.15, 0.2) is 6.61 Å². The van der Waals surface area contributed by atoms with Crippen molar-refractivity contribution in [2.24, 2.45) is 0 Å². The number of ether oxygens (including phenoxy) is 2. The summed E-state index contributed by atoms with van der Waals surface area (Å²) in [5, 5.41) is 2.41. The fraction of sp³-hybridized carbons (Fsp3) is 0.222. The van der Waals surface area contributed by atoms with Crippen LogP contribution in [0.25, 0.3) is 0 Å². The lowest BCUT2D eigenvalue weighted by molar-refractivity contribution is -0.122. The van der Waals surface area contributed by atoms with Gasteiger partial charge in [-0.15, -0.1) is 0 Å². The maximum atomic E-state index is 12.6. The summed E-state index contributed by atoms with van der Waals surface area (Å²) < 4.78 is 37.7. The second kappa shape index (κ2) is 9.04. The van der Waals surface area contributed by atoms with Gasteiger partial charge in [0, 0.05) is 7.05 Å². The van der Waals surface area contributed by atoms with Crippen molar-refractivity contribution in [2.75, 3.05) is 25.0 Å². The highest BCUT2D eigenvalue weighted by Crippen LogP contribution is 2.22. The molecule has 0 aliphatic carbocycles. The zero-order chi connectivity index (χ0) is 19.9. The summed E-state index contributed by atoms with van der Waals surface area (Å²) in [5.74, 6) is -0.567. The summed E-state index contributed by atoms with van der Waals surface area (Å²) in [7, 11) is -2.44. The van der Waals surface area contributed by atoms with Gasteiger partial charge in [0.25, 0.3) is 15.9 Å². The molecule has 2 N–H and O–H groups in total. The lowest BCUT2D eigenvalue weighted by Crippen LogP contribution is -2.24. The zero-order valence-electron chi connectivity index (χ0n) is 14.9. The van der Waals surface area contributed by atoms with Gasteiger partial charge in [-0.25, -0.2) is 13.2 Å². The molecule has 0 aliphatic heterocycles. The van der Waals surface area contributed by atoms with Crippen LogP contribution in [0.15, 0.2) is 53.4 Å². The second-order valence-electron chi connectivity index (χ2n) is 5.30. The number of likely N-dealkylation sites (N-methyl/N-ethyl adjacent to an activating group) is 1. The van der Waals surface area contributed by atoms with E-state index in [2.05, 4.69) is 10.0 Å². The second-order valence-corrected chi connectivity index (χ2v) is 6.99. The predicted molar refractivity (Wildman–Crippen MR) is 99.2 cm³/mol. The van der Waals surface area contributed by atoms with Crippen molar-refractivity contribution in [1.82, 2.24) is 5.32 Å². The standard InChI is InChI=1S/C18H20N2O6S/c1-3-25-18(22)15-6-4-5-7-16(15)20-27(23,24)14-10-8-13(9-11-14)26-12-17(21)19-2/h4-11,20H,3,12H2,1-2H3,(H,19,21). The molecular formula is C18H20N2O6S. The van der Waals surface area contributed by atoms with Crippen LogP contribution in [0.3, 0.4) is 0 Å².